The van der Waals surface area contributed by atoms with Gasteiger partial charge in [0.1, 0.15) is 17.9 Å². The molecule has 0 aliphatic carbocycles. The van der Waals surface area contributed by atoms with Crippen LogP contribution in [0.4, 0.5) is 4.79 Å². The quantitative estimate of drug-likeness (QED) is 0.789. The maximum atomic E-state index is 12.4. The number of rotatable bonds is 3. The van der Waals surface area contributed by atoms with Crippen molar-refractivity contribution in [2.45, 2.75) is 31.9 Å². The van der Waals surface area contributed by atoms with Gasteiger partial charge in [0.15, 0.2) is 0 Å². The second-order valence-electron chi connectivity index (χ2n) is 5.18. The van der Waals surface area contributed by atoms with E-state index in [1.54, 1.807) is 30.3 Å². The standard InChI is InChI=1S/C16H19NO6/c1-11(18)22-13-8-9-14(15(19)21-2)17(10-13)16(20)23-12-6-4-3-5-7-12/h3-7,13-14H,8-10H2,1-2H3/t13?,14-/m0/s1. The zero-order chi connectivity index (χ0) is 16.8. The Kier molecular flexibility index (Phi) is 5.56. The third kappa shape index (κ3) is 4.45. The molecule has 1 saturated heterocycles. The number of hydrogen-bond donors (Lipinski definition) is 0. The number of para-hydroxylation sites is 1. The molecule has 1 aromatic rings. The fourth-order valence-corrected chi connectivity index (χ4v) is 2.50. The summed E-state index contributed by atoms with van der Waals surface area (Å²) in [5.74, 6) is -0.574. The van der Waals surface area contributed by atoms with Crippen LogP contribution in [0.1, 0.15) is 19.8 Å². The van der Waals surface area contributed by atoms with Gasteiger partial charge in [0.2, 0.25) is 0 Å². The molecule has 7 heteroatoms. The predicted octanol–water partition coefficient (Wildman–Crippen LogP) is 1.75. The summed E-state index contributed by atoms with van der Waals surface area (Å²) in [5, 5.41) is 0. The zero-order valence-electron chi connectivity index (χ0n) is 13.1. The Balaban J connectivity index is 2.11. The summed E-state index contributed by atoms with van der Waals surface area (Å²) in [5.41, 5.74) is 0. The van der Waals surface area contributed by atoms with Crippen molar-refractivity contribution in [3.63, 3.8) is 0 Å². The van der Waals surface area contributed by atoms with E-state index in [2.05, 4.69) is 0 Å². The van der Waals surface area contributed by atoms with Gasteiger partial charge in [-0.3, -0.25) is 9.69 Å². The molecule has 1 aromatic carbocycles. The van der Waals surface area contributed by atoms with Gasteiger partial charge in [-0.1, -0.05) is 18.2 Å². The molecule has 0 radical (unpaired) electrons. The number of likely N-dealkylation sites (tertiary alicyclic amines) is 1. The van der Waals surface area contributed by atoms with E-state index in [-0.39, 0.29) is 6.54 Å². The molecule has 0 aromatic heterocycles. The number of nitrogens with zero attached hydrogens (tertiary/aromatic N) is 1. The highest BCUT2D eigenvalue weighted by Crippen LogP contribution is 2.22. The number of carbonyl (C=O) groups is 3. The molecule has 7 nitrogen and oxygen atoms in total. The molecule has 1 unspecified atom stereocenters. The van der Waals surface area contributed by atoms with Crippen molar-refractivity contribution in [3.8, 4) is 5.75 Å². The summed E-state index contributed by atoms with van der Waals surface area (Å²) in [6, 6.07) is 7.79. The van der Waals surface area contributed by atoms with Crippen LogP contribution in [-0.4, -0.2) is 48.7 Å². The van der Waals surface area contributed by atoms with Crippen LogP contribution in [-0.2, 0) is 19.1 Å². The topological polar surface area (TPSA) is 82.1 Å². The van der Waals surface area contributed by atoms with Gasteiger partial charge < -0.3 is 14.2 Å². The molecular formula is C16H19NO6. The normalized spacial score (nSPS) is 20.5. The Morgan fingerprint density at radius 2 is 1.83 bits per heavy atom. The average Bonchev–Trinajstić information content (AvgIpc) is 2.54. The van der Waals surface area contributed by atoms with E-state index in [1.165, 1.54) is 18.9 Å². The van der Waals surface area contributed by atoms with Gasteiger partial charge in [-0.2, -0.15) is 0 Å². The van der Waals surface area contributed by atoms with E-state index in [4.69, 9.17) is 14.2 Å². The minimum Gasteiger partial charge on any atom is -0.467 e. The van der Waals surface area contributed by atoms with Gasteiger partial charge in [-0.05, 0) is 25.0 Å². The van der Waals surface area contributed by atoms with Crippen molar-refractivity contribution < 1.29 is 28.6 Å². The number of piperidine rings is 1. The first-order valence-electron chi connectivity index (χ1n) is 7.29. The molecule has 0 spiro atoms. The fraction of sp³-hybridized carbons (Fsp3) is 0.438. The first kappa shape index (κ1) is 16.8. The Morgan fingerprint density at radius 3 is 2.43 bits per heavy atom. The summed E-state index contributed by atoms with van der Waals surface area (Å²) in [6.07, 6.45) is -0.316. The minimum absolute atomic E-state index is 0.0883. The second-order valence-corrected chi connectivity index (χ2v) is 5.18. The van der Waals surface area contributed by atoms with Gasteiger partial charge >= 0.3 is 18.0 Å². The highest BCUT2D eigenvalue weighted by atomic mass is 16.6. The van der Waals surface area contributed by atoms with Gasteiger partial charge in [-0.25, -0.2) is 9.59 Å². The van der Waals surface area contributed by atoms with E-state index < -0.39 is 30.2 Å². The smallest absolute Gasteiger partial charge is 0.416 e. The van der Waals surface area contributed by atoms with Gasteiger partial charge in [0.05, 0.1) is 13.7 Å². The van der Waals surface area contributed by atoms with E-state index in [0.29, 0.717) is 18.6 Å². The third-order valence-corrected chi connectivity index (χ3v) is 3.53. The number of hydrogen-bond acceptors (Lipinski definition) is 6. The van der Waals surface area contributed by atoms with Crippen LogP contribution in [0.15, 0.2) is 30.3 Å². The number of carbonyl (C=O) groups excluding carboxylic acids is 3. The van der Waals surface area contributed by atoms with Crippen molar-refractivity contribution in [2.75, 3.05) is 13.7 Å². The Morgan fingerprint density at radius 1 is 1.13 bits per heavy atom. The highest BCUT2D eigenvalue weighted by molar-refractivity contribution is 5.82. The van der Waals surface area contributed by atoms with Crippen LogP contribution in [0.2, 0.25) is 0 Å². The summed E-state index contributed by atoms with van der Waals surface area (Å²) < 4.78 is 15.2. The maximum absolute atomic E-state index is 12.4. The van der Waals surface area contributed by atoms with Gasteiger partial charge in [0.25, 0.3) is 0 Å². The molecule has 124 valence electrons. The Labute approximate surface area is 134 Å². The molecule has 1 aliphatic heterocycles. The van der Waals surface area contributed by atoms with Crippen LogP contribution >= 0.6 is 0 Å². The van der Waals surface area contributed by atoms with E-state index >= 15 is 0 Å². The molecule has 0 saturated carbocycles. The predicted molar refractivity (Wildman–Crippen MR) is 79.8 cm³/mol. The maximum Gasteiger partial charge on any atom is 0.416 e. The van der Waals surface area contributed by atoms with Crippen LogP contribution in [0.3, 0.4) is 0 Å². The van der Waals surface area contributed by atoms with Crippen molar-refractivity contribution in [2.24, 2.45) is 0 Å². The van der Waals surface area contributed by atoms with E-state index in [9.17, 15) is 14.4 Å². The molecule has 1 heterocycles. The van der Waals surface area contributed by atoms with Crippen molar-refractivity contribution in [1.29, 1.82) is 0 Å². The number of ether oxygens (including phenoxy) is 3. The van der Waals surface area contributed by atoms with Crippen LogP contribution < -0.4 is 4.74 Å². The van der Waals surface area contributed by atoms with Crippen LogP contribution in [0.5, 0.6) is 5.75 Å². The van der Waals surface area contributed by atoms with Gasteiger partial charge in [-0.15, -0.1) is 0 Å². The van der Waals surface area contributed by atoms with E-state index in [1.807, 2.05) is 0 Å². The zero-order valence-corrected chi connectivity index (χ0v) is 13.1. The molecule has 0 bridgehead atoms. The lowest BCUT2D eigenvalue weighted by atomic mass is 10.0. The summed E-state index contributed by atoms with van der Waals surface area (Å²) >= 11 is 0. The molecule has 1 aliphatic rings. The average molecular weight is 321 g/mol. The first-order chi connectivity index (χ1) is 11.0. The van der Waals surface area contributed by atoms with Crippen LogP contribution in [0.25, 0.3) is 0 Å². The Hall–Kier alpha value is -2.57. The number of esters is 2. The molecule has 2 rings (SSSR count). The lowest BCUT2D eigenvalue weighted by molar-refractivity contribution is -0.154. The lowest BCUT2D eigenvalue weighted by Crippen LogP contribution is -2.54. The number of amides is 1. The fourth-order valence-electron chi connectivity index (χ4n) is 2.50. The van der Waals surface area contributed by atoms with Crippen molar-refractivity contribution >= 4 is 18.0 Å². The first-order valence-corrected chi connectivity index (χ1v) is 7.29. The van der Waals surface area contributed by atoms with Gasteiger partial charge in [0, 0.05) is 6.92 Å². The summed E-state index contributed by atoms with van der Waals surface area (Å²) in [7, 11) is 1.27. The molecule has 1 amide bonds. The highest BCUT2D eigenvalue weighted by Gasteiger charge is 2.38. The molecular weight excluding hydrogens is 302 g/mol. The molecule has 23 heavy (non-hydrogen) atoms. The second kappa shape index (κ2) is 7.62. The number of methoxy groups -OCH3 is 1. The van der Waals surface area contributed by atoms with E-state index in [0.717, 1.165) is 0 Å². The minimum atomic E-state index is -0.747. The summed E-state index contributed by atoms with van der Waals surface area (Å²) in [6.45, 7) is 1.39. The third-order valence-electron chi connectivity index (χ3n) is 3.53. The number of benzene rings is 1. The van der Waals surface area contributed by atoms with Crippen LogP contribution in [0, 0.1) is 0 Å². The Bertz CT molecular complexity index is 573. The van der Waals surface area contributed by atoms with Crippen molar-refractivity contribution in [3.05, 3.63) is 30.3 Å². The van der Waals surface area contributed by atoms with Crippen molar-refractivity contribution in [1.82, 2.24) is 4.90 Å². The summed E-state index contributed by atoms with van der Waals surface area (Å²) in [4.78, 5) is 36.6. The SMILES string of the molecule is COC(=O)[C@@H]1CCC(OC(C)=O)CN1C(=O)Oc1ccccc1. The molecule has 0 N–H and O–H groups in total. The molecule has 2 atom stereocenters. The largest absolute Gasteiger partial charge is 0.467 e. The monoisotopic (exact) mass is 321 g/mol. The molecule has 1 fully saturated rings. The lowest BCUT2D eigenvalue weighted by Gasteiger charge is -2.36.